The Morgan fingerprint density at radius 3 is 2.28 bits per heavy atom. The van der Waals surface area contributed by atoms with E-state index in [9.17, 15) is 22.8 Å². The van der Waals surface area contributed by atoms with Crippen molar-refractivity contribution in [2.24, 2.45) is 11.3 Å². The Labute approximate surface area is 102 Å². The molecule has 2 aliphatic rings. The summed E-state index contributed by atoms with van der Waals surface area (Å²) >= 11 is 0. The third kappa shape index (κ3) is 2.06. The zero-order valence-corrected chi connectivity index (χ0v) is 9.83. The highest BCUT2D eigenvalue weighted by atomic mass is 19.4. The predicted octanol–water partition coefficient (Wildman–Crippen LogP) is 1.65. The highest BCUT2D eigenvalue weighted by molar-refractivity contribution is 5.82. The number of rotatable bonds is 1. The first kappa shape index (κ1) is 13.2. The average Bonchev–Trinajstić information content (AvgIpc) is 2.51. The third-order valence-corrected chi connectivity index (χ3v) is 3.98. The summed E-state index contributed by atoms with van der Waals surface area (Å²) in [6, 6.07) is -0.478. The Bertz CT molecular complexity index is 387. The van der Waals surface area contributed by atoms with Crippen LogP contribution in [-0.4, -0.2) is 40.6 Å². The van der Waals surface area contributed by atoms with Gasteiger partial charge >= 0.3 is 18.1 Å². The van der Waals surface area contributed by atoms with Crippen LogP contribution >= 0.6 is 0 Å². The predicted molar refractivity (Wildman–Crippen MR) is 54.6 cm³/mol. The zero-order valence-electron chi connectivity index (χ0n) is 9.83. The lowest BCUT2D eigenvalue weighted by molar-refractivity contribution is -0.186. The van der Waals surface area contributed by atoms with Crippen molar-refractivity contribution in [3.8, 4) is 0 Å². The molecule has 1 amide bonds. The molecule has 102 valence electrons. The number of hydrogen-bond acceptors (Lipinski definition) is 2. The molecule has 0 aromatic heterocycles. The molecule has 1 saturated heterocycles. The third-order valence-electron chi connectivity index (χ3n) is 3.98. The average molecular weight is 265 g/mol. The van der Waals surface area contributed by atoms with Crippen LogP contribution in [0.3, 0.4) is 0 Å². The summed E-state index contributed by atoms with van der Waals surface area (Å²) in [5.41, 5.74) is -0.413. The molecule has 0 aromatic rings. The largest absolute Gasteiger partial charge is 0.481 e. The Kier molecular flexibility index (Phi) is 2.82. The maximum absolute atomic E-state index is 12.4. The highest BCUT2D eigenvalue weighted by Gasteiger charge is 2.57. The summed E-state index contributed by atoms with van der Waals surface area (Å²) in [5, 5.41) is 8.79. The van der Waals surface area contributed by atoms with Gasteiger partial charge < -0.3 is 10.0 Å². The van der Waals surface area contributed by atoms with Gasteiger partial charge in [-0.2, -0.15) is 13.2 Å². The smallest absolute Gasteiger partial charge is 0.471 e. The van der Waals surface area contributed by atoms with Crippen LogP contribution in [0.5, 0.6) is 0 Å². The van der Waals surface area contributed by atoms with Gasteiger partial charge in [0.1, 0.15) is 0 Å². The molecule has 18 heavy (non-hydrogen) atoms. The van der Waals surface area contributed by atoms with E-state index in [1.807, 2.05) is 0 Å². The van der Waals surface area contributed by atoms with Crippen molar-refractivity contribution >= 4 is 11.9 Å². The monoisotopic (exact) mass is 265 g/mol. The maximum atomic E-state index is 12.4. The topological polar surface area (TPSA) is 57.6 Å². The van der Waals surface area contributed by atoms with Gasteiger partial charge in [0.15, 0.2) is 0 Å². The highest BCUT2D eigenvalue weighted by Crippen LogP contribution is 2.54. The molecule has 1 N–H and O–H groups in total. The summed E-state index contributed by atoms with van der Waals surface area (Å²) in [7, 11) is 0. The van der Waals surface area contributed by atoms with Crippen LogP contribution in [0, 0.1) is 11.3 Å². The molecule has 1 spiro atoms. The quantitative estimate of drug-likeness (QED) is 0.784. The van der Waals surface area contributed by atoms with E-state index in [0.29, 0.717) is 19.3 Å². The summed E-state index contributed by atoms with van der Waals surface area (Å²) in [5.74, 6) is -3.20. The number of carbonyl (C=O) groups is 2. The Morgan fingerprint density at radius 2 is 1.83 bits per heavy atom. The van der Waals surface area contributed by atoms with Gasteiger partial charge in [-0.15, -0.1) is 0 Å². The molecule has 2 fully saturated rings. The van der Waals surface area contributed by atoms with E-state index in [4.69, 9.17) is 5.11 Å². The lowest BCUT2D eigenvalue weighted by Crippen LogP contribution is -2.46. The number of halogens is 3. The first-order chi connectivity index (χ1) is 8.15. The van der Waals surface area contributed by atoms with Crippen molar-refractivity contribution < 1.29 is 27.9 Å². The van der Waals surface area contributed by atoms with Gasteiger partial charge in [-0.3, -0.25) is 9.59 Å². The van der Waals surface area contributed by atoms with Crippen LogP contribution in [0.2, 0.25) is 0 Å². The van der Waals surface area contributed by atoms with Crippen molar-refractivity contribution in [2.75, 3.05) is 6.54 Å². The van der Waals surface area contributed by atoms with E-state index in [-0.39, 0.29) is 6.54 Å². The molecule has 4 nitrogen and oxygen atoms in total. The van der Waals surface area contributed by atoms with E-state index in [1.54, 1.807) is 6.92 Å². The van der Waals surface area contributed by atoms with Crippen molar-refractivity contribution in [2.45, 2.75) is 38.4 Å². The molecular formula is C11H14F3NO3. The Morgan fingerprint density at radius 1 is 1.28 bits per heavy atom. The van der Waals surface area contributed by atoms with Gasteiger partial charge in [0.25, 0.3) is 0 Å². The SMILES string of the molecule is CC1CC2(CC(C(=O)O)C2)CN1C(=O)C(F)(F)F. The van der Waals surface area contributed by atoms with Crippen molar-refractivity contribution in [3.63, 3.8) is 0 Å². The molecule has 1 saturated carbocycles. The van der Waals surface area contributed by atoms with Crippen LogP contribution in [-0.2, 0) is 9.59 Å². The van der Waals surface area contributed by atoms with Gasteiger partial charge in [0.2, 0.25) is 0 Å². The van der Waals surface area contributed by atoms with Crippen LogP contribution in [0.4, 0.5) is 13.2 Å². The molecule has 1 aliphatic carbocycles. The standard InChI is InChI=1S/C11H14F3NO3/c1-6-2-10(3-7(4-10)8(16)17)5-15(6)9(18)11(12,13)14/h6-7H,2-5H2,1H3,(H,16,17). The molecule has 1 atom stereocenters. The summed E-state index contributed by atoms with van der Waals surface area (Å²) in [6.45, 7) is 1.60. The molecule has 0 radical (unpaired) electrons. The maximum Gasteiger partial charge on any atom is 0.471 e. The number of carboxylic acid groups (broad SMARTS) is 1. The van der Waals surface area contributed by atoms with Gasteiger partial charge in [-0.1, -0.05) is 0 Å². The number of amides is 1. The van der Waals surface area contributed by atoms with Crippen LogP contribution in [0.25, 0.3) is 0 Å². The van der Waals surface area contributed by atoms with E-state index in [2.05, 4.69) is 0 Å². The normalized spacial score (nSPS) is 35.7. The lowest BCUT2D eigenvalue weighted by atomic mass is 9.61. The lowest BCUT2D eigenvalue weighted by Gasteiger charge is -2.42. The second kappa shape index (κ2) is 3.86. The minimum Gasteiger partial charge on any atom is -0.481 e. The van der Waals surface area contributed by atoms with Crippen molar-refractivity contribution in [3.05, 3.63) is 0 Å². The number of alkyl halides is 3. The molecule has 0 aromatic carbocycles. The van der Waals surface area contributed by atoms with Crippen LogP contribution < -0.4 is 0 Å². The van der Waals surface area contributed by atoms with Crippen molar-refractivity contribution in [1.82, 2.24) is 4.90 Å². The Hall–Kier alpha value is -1.27. The number of aliphatic carboxylic acids is 1. The second-order valence-corrected chi connectivity index (χ2v) is 5.43. The number of carboxylic acids is 1. The Balaban J connectivity index is 2.03. The molecular weight excluding hydrogens is 251 g/mol. The van der Waals surface area contributed by atoms with Crippen molar-refractivity contribution in [1.29, 1.82) is 0 Å². The van der Waals surface area contributed by atoms with E-state index in [1.165, 1.54) is 0 Å². The fourth-order valence-corrected chi connectivity index (χ4v) is 3.21. The molecule has 7 heteroatoms. The molecule has 2 rings (SSSR count). The molecule has 1 unspecified atom stereocenters. The first-order valence-corrected chi connectivity index (χ1v) is 5.75. The fraction of sp³-hybridized carbons (Fsp3) is 0.818. The van der Waals surface area contributed by atoms with Crippen LogP contribution in [0.1, 0.15) is 26.2 Å². The van der Waals surface area contributed by atoms with Crippen LogP contribution in [0.15, 0.2) is 0 Å². The van der Waals surface area contributed by atoms with Gasteiger partial charge in [0, 0.05) is 12.6 Å². The number of likely N-dealkylation sites (tertiary alicyclic amines) is 1. The summed E-state index contributed by atoms with van der Waals surface area (Å²) in [6.07, 6.45) is -3.66. The zero-order chi connectivity index (χ0) is 13.7. The van der Waals surface area contributed by atoms with Gasteiger partial charge in [-0.05, 0) is 31.6 Å². The van der Waals surface area contributed by atoms with E-state index < -0.39 is 35.4 Å². The minimum atomic E-state index is -4.85. The molecule has 0 bridgehead atoms. The van der Waals surface area contributed by atoms with E-state index in [0.717, 1.165) is 4.90 Å². The van der Waals surface area contributed by atoms with E-state index >= 15 is 0 Å². The second-order valence-electron chi connectivity index (χ2n) is 5.43. The number of carbonyl (C=O) groups excluding carboxylic acids is 1. The molecule has 1 aliphatic heterocycles. The first-order valence-electron chi connectivity index (χ1n) is 5.75. The van der Waals surface area contributed by atoms with Gasteiger partial charge in [0.05, 0.1) is 5.92 Å². The minimum absolute atomic E-state index is 0.0241. The summed E-state index contributed by atoms with van der Waals surface area (Å²) < 4.78 is 37.1. The molecule has 1 heterocycles. The summed E-state index contributed by atoms with van der Waals surface area (Å²) in [4.78, 5) is 22.8. The van der Waals surface area contributed by atoms with Gasteiger partial charge in [-0.25, -0.2) is 0 Å². The fourth-order valence-electron chi connectivity index (χ4n) is 3.21. The number of hydrogen-bond donors (Lipinski definition) is 1. The number of nitrogens with zero attached hydrogens (tertiary/aromatic N) is 1.